The summed E-state index contributed by atoms with van der Waals surface area (Å²) in [7, 11) is 0. The molecule has 0 spiro atoms. The average molecular weight is 336 g/mol. The third-order valence-corrected chi connectivity index (χ3v) is 4.44. The number of aromatic nitrogens is 3. The van der Waals surface area contributed by atoms with Gasteiger partial charge in [0.05, 0.1) is 10.2 Å². The molecule has 2 aromatic heterocycles. The second-order valence-electron chi connectivity index (χ2n) is 5.16. The molecular formula is C17H12N4O2S. The molecule has 6 nitrogen and oxygen atoms in total. The Labute approximate surface area is 141 Å². The average Bonchev–Trinajstić information content (AvgIpc) is 3.21. The molecule has 4 aromatic rings. The highest BCUT2D eigenvalue weighted by atomic mass is 32.1. The van der Waals surface area contributed by atoms with Crippen LogP contribution >= 0.6 is 11.3 Å². The zero-order valence-corrected chi connectivity index (χ0v) is 13.5. The highest BCUT2D eigenvalue weighted by Crippen LogP contribution is 2.23. The van der Waals surface area contributed by atoms with Gasteiger partial charge in [0, 0.05) is 11.3 Å². The van der Waals surface area contributed by atoms with Crippen LogP contribution in [0.15, 0.2) is 53.1 Å². The standard InChI is InChI=1S/C17H12N4O2S/c1-10-18-16(23-21-10)11-6-8-12(9-7-11)19-15(22)17-20-13-4-2-3-5-14(13)24-17/h2-9H,1H3,(H,19,22). The molecule has 0 atom stereocenters. The Morgan fingerprint density at radius 1 is 1.08 bits per heavy atom. The molecule has 0 saturated carbocycles. The number of hydrogen-bond acceptors (Lipinski definition) is 6. The molecule has 0 radical (unpaired) electrons. The van der Waals surface area contributed by atoms with Crippen molar-refractivity contribution in [2.45, 2.75) is 6.92 Å². The van der Waals surface area contributed by atoms with E-state index in [1.54, 1.807) is 19.1 Å². The number of carbonyl (C=O) groups excluding carboxylic acids is 1. The van der Waals surface area contributed by atoms with Gasteiger partial charge in [0.15, 0.2) is 10.8 Å². The van der Waals surface area contributed by atoms with Crippen LogP contribution in [0.1, 0.15) is 15.6 Å². The minimum Gasteiger partial charge on any atom is -0.334 e. The van der Waals surface area contributed by atoms with Gasteiger partial charge in [0.25, 0.3) is 11.8 Å². The van der Waals surface area contributed by atoms with E-state index in [2.05, 4.69) is 20.4 Å². The molecule has 0 aliphatic carbocycles. The van der Waals surface area contributed by atoms with Crippen LogP contribution in [0.2, 0.25) is 0 Å². The first-order valence-corrected chi connectivity index (χ1v) is 8.08. The number of hydrogen-bond donors (Lipinski definition) is 1. The number of thiazole rings is 1. The summed E-state index contributed by atoms with van der Waals surface area (Å²) in [6, 6.07) is 14.9. The van der Waals surface area contributed by atoms with Gasteiger partial charge in [-0.05, 0) is 43.3 Å². The predicted octanol–water partition coefficient (Wildman–Crippen LogP) is 3.91. The quantitative estimate of drug-likeness (QED) is 0.613. The molecule has 4 rings (SSSR count). The molecule has 0 unspecified atom stereocenters. The van der Waals surface area contributed by atoms with E-state index < -0.39 is 0 Å². The van der Waals surface area contributed by atoms with Gasteiger partial charge in [-0.3, -0.25) is 4.79 Å². The number of carbonyl (C=O) groups is 1. The number of fused-ring (bicyclic) bond motifs is 1. The second kappa shape index (κ2) is 5.86. The van der Waals surface area contributed by atoms with E-state index in [-0.39, 0.29) is 5.91 Å². The number of rotatable bonds is 3. The summed E-state index contributed by atoms with van der Waals surface area (Å²) in [5.74, 6) is 0.812. The Morgan fingerprint density at radius 3 is 2.58 bits per heavy atom. The molecule has 1 N–H and O–H groups in total. The molecule has 118 valence electrons. The van der Waals surface area contributed by atoms with E-state index in [1.165, 1.54) is 11.3 Å². The van der Waals surface area contributed by atoms with Crippen molar-refractivity contribution < 1.29 is 9.32 Å². The molecule has 7 heteroatoms. The van der Waals surface area contributed by atoms with Crippen LogP contribution in [0.4, 0.5) is 5.69 Å². The van der Waals surface area contributed by atoms with Gasteiger partial charge in [0.1, 0.15) is 0 Å². The summed E-state index contributed by atoms with van der Waals surface area (Å²) in [6.45, 7) is 1.76. The van der Waals surface area contributed by atoms with Crippen LogP contribution in [0.3, 0.4) is 0 Å². The maximum atomic E-state index is 12.3. The maximum absolute atomic E-state index is 12.3. The summed E-state index contributed by atoms with van der Waals surface area (Å²) in [4.78, 5) is 20.9. The van der Waals surface area contributed by atoms with Crippen molar-refractivity contribution in [3.05, 3.63) is 59.4 Å². The van der Waals surface area contributed by atoms with E-state index >= 15 is 0 Å². The van der Waals surface area contributed by atoms with E-state index in [9.17, 15) is 4.79 Å². The van der Waals surface area contributed by atoms with Gasteiger partial charge in [0.2, 0.25) is 0 Å². The molecule has 2 heterocycles. The maximum Gasteiger partial charge on any atom is 0.284 e. The number of para-hydroxylation sites is 1. The minimum absolute atomic E-state index is 0.224. The summed E-state index contributed by atoms with van der Waals surface area (Å²) in [6.07, 6.45) is 0. The Bertz CT molecular complexity index is 987. The molecule has 0 aliphatic rings. The number of nitrogens with one attached hydrogen (secondary N) is 1. The molecule has 2 aromatic carbocycles. The van der Waals surface area contributed by atoms with Crippen molar-refractivity contribution in [2.24, 2.45) is 0 Å². The van der Waals surface area contributed by atoms with Crippen molar-refractivity contribution in [1.29, 1.82) is 0 Å². The molecule has 0 aliphatic heterocycles. The van der Waals surface area contributed by atoms with Crippen molar-refractivity contribution >= 4 is 33.1 Å². The van der Waals surface area contributed by atoms with Gasteiger partial charge in [-0.1, -0.05) is 17.3 Å². The van der Waals surface area contributed by atoms with Gasteiger partial charge in [-0.25, -0.2) is 4.98 Å². The first kappa shape index (κ1) is 14.5. The van der Waals surface area contributed by atoms with E-state index in [1.807, 2.05) is 36.4 Å². The van der Waals surface area contributed by atoms with E-state index in [0.29, 0.717) is 22.4 Å². The molecule has 0 fully saturated rings. The Hall–Kier alpha value is -3.06. The van der Waals surface area contributed by atoms with Crippen molar-refractivity contribution in [2.75, 3.05) is 5.32 Å². The Balaban J connectivity index is 1.53. The first-order valence-electron chi connectivity index (χ1n) is 7.27. The molecule has 0 bridgehead atoms. The number of anilines is 1. The van der Waals surface area contributed by atoms with Gasteiger partial charge < -0.3 is 9.84 Å². The first-order chi connectivity index (χ1) is 11.7. The number of aryl methyl sites for hydroxylation is 1. The van der Waals surface area contributed by atoms with Crippen LogP contribution < -0.4 is 5.32 Å². The normalized spacial score (nSPS) is 10.9. The lowest BCUT2D eigenvalue weighted by Crippen LogP contribution is -2.11. The fraction of sp³-hybridized carbons (Fsp3) is 0.0588. The lowest BCUT2D eigenvalue weighted by atomic mass is 10.2. The minimum atomic E-state index is -0.224. The molecule has 24 heavy (non-hydrogen) atoms. The van der Waals surface area contributed by atoms with Crippen molar-refractivity contribution in [3.63, 3.8) is 0 Å². The van der Waals surface area contributed by atoms with Gasteiger partial charge >= 0.3 is 0 Å². The third-order valence-electron chi connectivity index (χ3n) is 3.41. The molecule has 0 saturated heterocycles. The van der Waals surface area contributed by atoms with Gasteiger partial charge in [-0.2, -0.15) is 4.98 Å². The SMILES string of the molecule is Cc1noc(-c2ccc(NC(=O)c3nc4ccccc4s3)cc2)n1. The van der Waals surface area contributed by atoms with Crippen LogP contribution in [0.5, 0.6) is 0 Å². The molecular weight excluding hydrogens is 324 g/mol. The summed E-state index contributed by atoms with van der Waals surface area (Å²) < 4.78 is 6.11. The highest BCUT2D eigenvalue weighted by Gasteiger charge is 2.13. The van der Waals surface area contributed by atoms with Crippen LogP contribution in [0, 0.1) is 6.92 Å². The van der Waals surface area contributed by atoms with Crippen molar-refractivity contribution in [3.8, 4) is 11.5 Å². The van der Waals surface area contributed by atoms with Crippen LogP contribution in [0.25, 0.3) is 21.7 Å². The van der Waals surface area contributed by atoms with Crippen LogP contribution in [-0.2, 0) is 0 Å². The summed E-state index contributed by atoms with van der Waals surface area (Å²) in [5.41, 5.74) is 2.31. The molecule has 1 amide bonds. The topological polar surface area (TPSA) is 80.9 Å². The fourth-order valence-electron chi connectivity index (χ4n) is 2.26. The zero-order valence-electron chi connectivity index (χ0n) is 12.7. The predicted molar refractivity (Wildman–Crippen MR) is 92.0 cm³/mol. The summed E-state index contributed by atoms with van der Waals surface area (Å²) in [5, 5.41) is 7.04. The number of nitrogens with zero attached hydrogens (tertiary/aromatic N) is 3. The van der Waals surface area contributed by atoms with Gasteiger partial charge in [-0.15, -0.1) is 11.3 Å². The largest absolute Gasteiger partial charge is 0.334 e. The van der Waals surface area contributed by atoms with E-state index in [4.69, 9.17) is 4.52 Å². The smallest absolute Gasteiger partial charge is 0.284 e. The number of benzene rings is 2. The Morgan fingerprint density at radius 2 is 1.88 bits per heavy atom. The zero-order chi connectivity index (χ0) is 16.5. The Kier molecular flexibility index (Phi) is 3.55. The van der Waals surface area contributed by atoms with E-state index in [0.717, 1.165) is 15.8 Å². The third kappa shape index (κ3) is 2.77. The number of amides is 1. The lowest BCUT2D eigenvalue weighted by Gasteiger charge is -2.03. The second-order valence-corrected chi connectivity index (χ2v) is 6.20. The fourth-order valence-corrected chi connectivity index (χ4v) is 3.13. The van der Waals surface area contributed by atoms with Crippen LogP contribution in [-0.4, -0.2) is 21.0 Å². The highest BCUT2D eigenvalue weighted by molar-refractivity contribution is 7.20. The van der Waals surface area contributed by atoms with Crippen molar-refractivity contribution in [1.82, 2.24) is 15.1 Å². The monoisotopic (exact) mass is 336 g/mol. The summed E-state index contributed by atoms with van der Waals surface area (Å²) >= 11 is 1.37. The lowest BCUT2D eigenvalue weighted by molar-refractivity contribution is 0.102.